The van der Waals surface area contributed by atoms with Crippen LogP contribution in [0.3, 0.4) is 0 Å². The lowest BCUT2D eigenvalue weighted by Gasteiger charge is -2.31. The number of hydrogen-bond donors (Lipinski definition) is 1. The van der Waals surface area contributed by atoms with Gasteiger partial charge in [-0.3, -0.25) is 0 Å². The standard InChI is InChI=1S/C15H19F3N2O2S.ClH/c16-13-7-12(8-14(17)15(13)18)23(21,22)20-5-3-11(4-6-20)19-9-10-1-2-10;/h7-8,10-11,19H,1-6,9H2;1H. The molecule has 0 aromatic heterocycles. The fraction of sp³-hybridized carbons (Fsp3) is 0.600. The van der Waals surface area contributed by atoms with E-state index in [0.29, 0.717) is 25.0 Å². The maximum Gasteiger partial charge on any atom is 0.243 e. The van der Waals surface area contributed by atoms with E-state index in [4.69, 9.17) is 0 Å². The summed E-state index contributed by atoms with van der Waals surface area (Å²) in [5.41, 5.74) is 0. The van der Waals surface area contributed by atoms with Crippen LogP contribution in [0.4, 0.5) is 13.2 Å². The Balaban J connectivity index is 0.00000208. The highest BCUT2D eigenvalue weighted by molar-refractivity contribution is 7.89. The third kappa shape index (κ3) is 4.22. The first-order chi connectivity index (χ1) is 10.9. The van der Waals surface area contributed by atoms with Crippen LogP contribution in [0.5, 0.6) is 0 Å². The van der Waals surface area contributed by atoms with Crippen molar-refractivity contribution in [1.82, 2.24) is 9.62 Å². The summed E-state index contributed by atoms with van der Waals surface area (Å²) >= 11 is 0. The van der Waals surface area contributed by atoms with Crippen molar-refractivity contribution in [3.8, 4) is 0 Å². The summed E-state index contributed by atoms with van der Waals surface area (Å²) in [6.07, 6.45) is 3.81. The topological polar surface area (TPSA) is 49.4 Å². The lowest BCUT2D eigenvalue weighted by molar-refractivity contribution is 0.287. The minimum absolute atomic E-state index is 0. The molecule has 0 spiro atoms. The molecule has 0 amide bonds. The molecular formula is C15H20ClF3N2O2S. The minimum atomic E-state index is -4.01. The molecule has 1 heterocycles. The number of nitrogens with zero attached hydrogens (tertiary/aromatic N) is 1. The van der Waals surface area contributed by atoms with Gasteiger partial charge in [0, 0.05) is 19.1 Å². The van der Waals surface area contributed by atoms with Crippen LogP contribution in [0.15, 0.2) is 17.0 Å². The van der Waals surface area contributed by atoms with Crippen molar-refractivity contribution in [2.45, 2.75) is 36.6 Å². The molecule has 2 aliphatic rings. The molecule has 0 bridgehead atoms. The zero-order chi connectivity index (χ0) is 16.6. The number of benzene rings is 1. The molecule has 1 aliphatic heterocycles. The summed E-state index contributed by atoms with van der Waals surface area (Å²) in [6.45, 7) is 1.53. The molecule has 4 nitrogen and oxygen atoms in total. The first-order valence-electron chi connectivity index (χ1n) is 7.76. The van der Waals surface area contributed by atoms with Gasteiger partial charge in [-0.05, 0) is 50.3 Å². The number of sulfonamides is 1. The Labute approximate surface area is 145 Å². The molecule has 0 atom stereocenters. The second-order valence-electron chi connectivity index (χ2n) is 6.23. The fourth-order valence-electron chi connectivity index (χ4n) is 2.79. The molecule has 1 N–H and O–H groups in total. The summed E-state index contributed by atoms with van der Waals surface area (Å²) < 4.78 is 65.6. The van der Waals surface area contributed by atoms with Crippen LogP contribution in [-0.2, 0) is 10.0 Å². The van der Waals surface area contributed by atoms with E-state index in [0.717, 1.165) is 12.5 Å². The molecule has 1 aromatic rings. The molecule has 9 heteroatoms. The predicted molar refractivity (Wildman–Crippen MR) is 86.1 cm³/mol. The van der Waals surface area contributed by atoms with Gasteiger partial charge in [-0.2, -0.15) is 4.31 Å². The smallest absolute Gasteiger partial charge is 0.243 e. The lowest BCUT2D eigenvalue weighted by Crippen LogP contribution is -2.45. The summed E-state index contributed by atoms with van der Waals surface area (Å²) in [4.78, 5) is -0.543. The number of hydrogen-bond acceptors (Lipinski definition) is 3. The number of rotatable bonds is 5. The van der Waals surface area contributed by atoms with Crippen molar-refractivity contribution in [3.05, 3.63) is 29.6 Å². The van der Waals surface area contributed by atoms with Gasteiger partial charge >= 0.3 is 0 Å². The number of halogens is 4. The van der Waals surface area contributed by atoms with Crippen molar-refractivity contribution in [1.29, 1.82) is 0 Å². The van der Waals surface area contributed by atoms with Crippen LogP contribution in [0.1, 0.15) is 25.7 Å². The van der Waals surface area contributed by atoms with Crippen molar-refractivity contribution in [2.24, 2.45) is 5.92 Å². The van der Waals surface area contributed by atoms with E-state index in [2.05, 4.69) is 5.32 Å². The van der Waals surface area contributed by atoms with E-state index in [1.807, 2.05) is 0 Å². The molecule has 136 valence electrons. The van der Waals surface area contributed by atoms with Crippen molar-refractivity contribution < 1.29 is 21.6 Å². The van der Waals surface area contributed by atoms with E-state index in [1.54, 1.807) is 0 Å². The van der Waals surface area contributed by atoms with Crippen LogP contribution in [0.2, 0.25) is 0 Å². The van der Waals surface area contributed by atoms with Crippen LogP contribution in [0, 0.1) is 23.4 Å². The molecule has 0 radical (unpaired) electrons. The maximum absolute atomic E-state index is 13.3. The van der Waals surface area contributed by atoms with E-state index in [1.165, 1.54) is 17.1 Å². The second kappa shape index (κ2) is 7.59. The molecule has 1 saturated heterocycles. The lowest BCUT2D eigenvalue weighted by atomic mass is 10.1. The van der Waals surface area contributed by atoms with Gasteiger partial charge in [-0.1, -0.05) is 0 Å². The normalized spacial score (nSPS) is 20.0. The Hall–Kier alpha value is -0.830. The summed E-state index contributed by atoms with van der Waals surface area (Å²) in [6, 6.07) is 1.33. The van der Waals surface area contributed by atoms with Crippen LogP contribution < -0.4 is 5.32 Å². The highest BCUT2D eigenvalue weighted by Crippen LogP contribution is 2.28. The zero-order valence-corrected chi connectivity index (χ0v) is 14.6. The fourth-order valence-corrected chi connectivity index (χ4v) is 4.28. The minimum Gasteiger partial charge on any atom is -0.314 e. The summed E-state index contributed by atoms with van der Waals surface area (Å²) in [5, 5.41) is 3.43. The largest absolute Gasteiger partial charge is 0.314 e. The Bertz CT molecular complexity index is 667. The Kier molecular flexibility index (Phi) is 6.17. The average Bonchev–Trinajstić information content (AvgIpc) is 3.35. The monoisotopic (exact) mass is 384 g/mol. The third-order valence-corrected chi connectivity index (χ3v) is 6.32. The van der Waals surface area contributed by atoms with Gasteiger partial charge < -0.3 is 5.32 Å². The average molecular weight is 385 g/mol. The molecule has 2 fully saturated rings. The first-order valence-corrected chi connectivity index (χ1v) is 9.20. The summed E-state index contributed by atoms with van der Waals surface area (Å²) in [5.74, 6) is -3.90. The second-order valence-corrected chi connectivity index (χ2v) is 8.17. The molecule has 24 heavy (non-hydrogen) atoms. The number of piperidine rings is 1. The van der Waals surface area contributed by atoms with E-state index in [-0.39, 0.29) is 31.5 Å². The Morgan fingerprint density at radius 3 is 2.08 bits per heavy atom. The van der Waals surface area contributed by atoms with Gasteiger partial charge in [-0.25, -0.2) is 21.6 Å². The molecule has 1 saturated carbocycles. The van der Waals surface area contributed by atoms with Crippen molar-refractivity contribution in [3.63, 3.8) is 0 Å². The Morgan fingerprint density at radius 2 is 1.58 bits per heavy atom. The molecule has 1 aromatic carbocycles. The zero-order valence-electron chi connectivity index (χ0n) is 13.0. The maximum atomic E-state index is 13.3. The quantitative estimate of drug-likeness (QED) is 0.794. The Morgan fingerprint density at radius 1 is 1.04 bits per heavy atom. The van der Waals surface area contributed by atoms with Crippen LogP contribution in [0.25, 0.3) is 0 Å². The van der Waals surface area contributed by atoms with E-state index in [9.17, 15) is 21.6 Å². The van der Waals surface area contributed by atoms with Gasteiger partial charge in [0.2, 0.25) is 10.0 Å². The molecule has 0 unspecified atom stereocenters. The van der Waals surface area contributed by atoms with Crippen LogP contribution >= 0.6 is 12.4 Å². The molecule has 1 aliphatic carbocycles. The predicted octanol–water partition coefficient (Wildman–Crippen LogP) is 2.68. The van der Waals surface area contributed by atoms with E-state index < -0.39 is 32.4 Å². The van der Waals surface area contributed by atoms with Crippen molar-refractivity contribution in [2.75, 3.05) is 19.6 Å². The molecular weight excluding hydrogens is 365 g/mol. The third-order valence-electron chi connectivity index (χ3n) is 4.44. The highest BCUT2D eigenvalue weighted by Gasteiger charge is 2.31. The van der Waals surface area contributed by atoms with E-state index >= 15 is 0 Å². The number of nitrogens with one attached hydrogen (secondary N) is 1. The van der Waals surface area contributed by atoms with Gasteiger partial charge in [0.25, 0.3) is 0 Å². The highest BCUT2D eigenvalue weighted by atomic mass is 35.5. The molecule has 3 rings (SSSR count). The van der Waals surface area contributed by atoms with Crippen LogP contribution in [-0.4, -0.2) is 38.4 Å². The SMILES string of the molecule is Cl.O=S(=O)(c1cc(F)c(F)c(F)c1)N1CCC(NCC2CC2)CC1. The summed E-state index contributed by atoms with van der Waals surface area (Å²) in [7, 11) is -4.01. The van der Waals surface area contributed by atoms with Gasteiger partial charge in [-0.15, -0.1) is 12.4 Å². The van der Waals surface area contributed by atoms with Gasteiger partial charge in [0.15, 0.2) is 17.5 Å². The van der Waals surface area contributed by atoms with Gasteiger partial charge in [0.05, 0.1) is 4.90 Å². The first kappa shape index (κ1) is 19.5. The van der Waals surface area contributed by atoms with Gasteiger partial charge in [0.1, 0.15) is 0 Å². The van der Waals surface area contributed by atoms with Crippen molar-refractivity contribution >= 4 is 22.4 Å².